The van der Waals surface area contributed by atoms with Gasteiger partial charge in [-0.15, -0.1) is 0 Å². The molecule has 0 unspecified atom stereocenters. The zero-order chi connectivity index (χ0) is 19.0. The standard InChI is InChI=1S/C18H13FN2O5/c1-21-16(23)11-5-3-9(7-12(11)17(21)24)15(22)20-14-8-10(18(25)26-2)4-6-13(14)19/h3-8H,1-2H3,(H,20,22). The van der Waals surface area contributed by atoms with Crippen molar-refractivity contribution in [1.82, 2.24) is 4.90 Å². The molecule has 3 amide bonds. The van der Waals surface area contributed by atoms with Crippen molar-refractivity contribution in [2.75, 3.05) is 19.5 Å². The van der Waals surface area contributed by atoms with Gasteiger partial charge < -0.3 is 10.1 Å². The first-order valence-corrected chi connectivity index (χ1v) is 7.49. The Morgan fingerprint density at radius 3 is 2.35 bits per heavy atom. The summed E-state index contributed by atoms with van der Waals surface area (Å²) in [7, 11) is 2.53. The van der Waals surface area contributed by atoms with Crippen molar-refractivity contribution in [3.05, 3.63) is 64.5 Å². The second kappa shape index (κ2) is 6.40. The lowest BCUT2D eigenvalue weighted by atomic mass is 10.1. The number of benzene rings is 2. The van der Waals surface area contributed by atoms with E-state index < -0.39 is 29.5 Å². The predicted octanol–water partition coefficient (Wildman–Crippen LogP) is 2.09. The third-order valence-corrected chi connectivity index (χ3v) is 3.99. The van der Waals surface area contributed by atoms with Gasteiger partial charge in [0.05, 0.1) is 29.5 Å². The molecular weight excluding hydrogens is 343 g/mol. The van der Waals surface area contributed by atoms with E-state index in [1.54, 1.807) is 0 Å². The van der Waals surface area contributed by atoms with Crippen LogP contribution in [-0.2, 0) is 4.74 Å². The number of hydrogen-bond donors (Lipinski definition) is 1. The second-order valence-electron chi connectivity index (χ2n) is 5.57. The number of anilines is 1. The van der Waals surface area contributed by atoms with Crippen LogP contribution in [0, 0.1) is 5.82 Å². The topological polar surface area (TPSA) is 92.8 Å². The molecule has 0 fully saturated rings. The first-order valence-electron chi connectivity index (χ1n) is 7.49. The van der Waals surface area contributed by atoms with Gasteiger partial charge in [-0.3, -0.25) is 19.3 Å². The molecule has 0 aliphatic carbocycles. The highest BCUT2D eigenvalue weighted by atomic mass is 19.1. The maximum absolute atomic E-state index is 13.9. The third-order valence-electron chi connectivity index (χ3n) is 3.99. The molecule has 7 nitrogen and oxygen atoms in total. The average molecular weight is 356 g/mol. The molecule has 0 saturated heterocycles. The van der Waals surface area contributed by atoms with E-state index in [-0.39, 0.29) is 27.9 Å². The third kappa shape index (κ3) is 2.81. The number of rotatable bonds is 3. The number of esters is 1. The van der Waals surface area contributed by atoms with Crippen LogP contribution in [0.2, 0.25) is 0 Å². The molecule has 1 N–H and O–H groups in total. The molecule has 0 bridgehead atoms. The smallest absolute Gasteiger partial charge is 0.337 e. The molecule has 2 aromatic rings. The van der Waals surface area contributed by atoms with E-state index in [2.05, 4.69) is 10.1 Å². The molecule has 0 saturated carbocycles. The Balaban J connectivity index is 1.89. The van der Waals surface area contributed by atoms with Crippen LogP contribution in [-0.4, -0.2) is 42.7 Å². The number of carbonyl (C=O) groups is 4. The van der Waals surface area contributed by atoms with Crippen molar-refractivity contribution in [3.63, 3.8) is 0 Å². The highest BCUT2D eigenvalue weighted by Gasteiger charge is 2.33. The Hall–Kier alpha value is -3.55. The molecule has 1 aliphatic heterocycles. The minimum Gasteiger partial charge on any atom is -0.465 e. The second-order valence-corrected chi connectivity index (χ2v) is 5.57. The normalized spacial score (nSPS) is 12.8. The van der Waals surface area contributed by atoms with E-state index in [1.807, 2.05) is 0 Å². The van der Waals surface area contributed by atoms with Crippen LogP contribution in [0.15, 0.2) is 36.4 Å². The summed E-state index contributed by atoms with van der Waals surface area (Å²) in [4.78, 5) is 48.7. The molecule has 132 valence electrons. The number of imide groups is 1. The number of amides is 3. The molecular formula is C18H13FN2O5. The van der Waals surface area contributed by atoms with E-state index in [0.717, 1.165) is 17.0 Å². The van der Waals surface area contributed by atoms with Crippen LogP contribution < -0.4 is 5.32 Å². The zero-order valence-corrected chi connectivity index (χ0v) is 13.8. The molecule has 1 heterocycles. The largest absolute Gasteiger partial charge is 0.465 e. The lowest BCUT2D eigenvalue weighted by molar-refractivity contribution is 0.0599. The predicted molar refractivity (Wildman–Crippen MR) is 88.6 cm³/mol. The van der Waals surface area contributed by atoms with Gasteiger partial charge in [-0.2, -0.15) is 0 Å². The lowest BCUT2D eigenvalue weighted by Gasteiger charge is -2.09. The number of carbonyl (C=O) groups excluding carboxylic acids is 4. The first kappa shape index (κ1) is 17.3. The van der Waals surface area contributed by atoms with Gasteiger partial charge in [-0.1, -0.05) is 0 Å². The van der Waals surface area contributed by atoms with E-state index in [1.165, 1.54) is 38.4 Å². The van der Waals surface area contributed by atoms with Crippen molar-refractivity contribution in [2.45, 2.75) is 0 Å². The number of ether oxygens (including phenoxy) is 1. The van der Waals surface area contributed by atoms with Crippen LogP contribution in [0.25, 0.3) is 0 Å². The number of fused-ring (bicyclic) bond motifs is 1. The first-order chi connectivity index (χ1) is 12.3. The van der Waals surface area contributed by atoms with Crippen LogP contribution in [0.3, 0.4) is 0 Å². The summed E-state index contributed by atoms with van der Waals surface area (Å²) in [6.07, 6.45) is 0. The summed E-state index contributed by atoms with van der Waals surface area (Å²) in [5, 5.41) is 2.34. The van der Waals surface area contributed by atoms with Gasteiger partial charge in [0, 0.05) is 12.6 Å². The molecule has 2 aromatic carbocycles. The minimum atomic E-state index is -0.738. The fourth-order valence-electron chi connectivity index (χ4n) is 2.56. The van der Waals surface area contributed by atoms with Crippen molar-refractivity contribution in [3.8, 4) is 0 Å². The molecule has 26 heavy (non-hydrogen) atoms. The van der Waals surface area contributed by atoms with Gasteiger partial charge >= 0.3 is 5.97 Å². The van der Waals surface area contributed by atoms with Crippen molar-refractivity contribution < 1.29 is 28.3 Å². The van der Waals surface area contributed by atoms with Crippen molar-refractivity contribution in [2.24, 2.45) is 0 Å². The minimum absolute atomic E-state index is 0.0700. The number of nitrogens with one attached hydrogen (secondary N) is 1. The molecule has 8 heteroatoms. The van der Waals surface area contributed by atoms with Gasteiger partial charge in [-0.05, 0) is 36.4 Å². The number of halogens is 1. The average Bonchev–Trinajstić information content (AvgIpc) is 2.86. The van der Waals surface area contributed by atoms with Crippen LogP contribution in [0.4, 0.5) is 10.1 Å². The fourth-order valence-corrected chi connectivity index (χ4v) is 2.56. The summed E-state index contributed by atoms with van der Waals surface area (Å²) in [6.45, 7) is 0. The van der Waals surface area contributed by atoms with E-state index >= 15 is 0 Å². The Bertz CT molecular complexity index is 970. The van der Waals surface area contributed by atoms with E-state index in [4.69, 9.17) is 0 Å². The van der Waals surface area contributed by atoms with Gasteiger partial charge in [0.2, 0.25) is 0 Å². The number of methoxy groups -OCH3 is 1. The van der Waals surface area contributed by atoms with Gasteiger partial charge in [0.1, 0.15) is 5.82 Å². The van der Waals surface area contributed by atoms with Crippen molar-refractivity contribution in [1.29, 1.82) is 0 Å². The van der Waals surface area contributed by atoms with E-state index in [0.29, 0.717) is 0 Å². The molecule has 1 aliphatic rings. The molecule has 0 spiro atoms. The Kier molecular flexibility index (Phi) is 4.25. The molecule has 0 radical (unpaired) electrons. The molecule has 0 aromatic heterocycles. The quantitative estimate of drug-likeness (QED) is 0.671. The van der Waals surface area contributed by atoms with Crippen LogP contribution in [0.1, 0.15) is 41.4 Å². The van der Waals surface area contributed by atoms with Crippen LogP contribution >= 0.6 is 0 Å². The van der Waals surface area contributed by atoms with Crippen molar-refractivity contribution >= 4 is 29.4 Å². The number of hydrogen-bond acceptors (Lipinski definition) is 5. The summed E-state index contributed by atoms with van der Waals surface area (Å²) in [5.41, 5.74) is 0.239. The monoisotopic (exact) mass is 356 g/mol. The van der Waals surface area contributed by atoms with Gasteiger partial charge in [0.25, 0.3) is 17.7 Å². The fraction of sp³-hybridized carbons (Fsp3) is 0.111. The Morgan fingerprint density at radius 2 is 1.65 bits per heavy atom. The maximum atomic E-state index is 13.9. The zero-order valence-electron chi connectivity index (χ0n) is 13.8. The SMILES string of the molecule is COC(=O)c1ccc(F)c(NC(=O)c2ccc3c(c2)C(=O)N(C)C3=O)c1. The molecule has 0 atom stereocenters. The Morgan fingerprint density at radius 1 is 1.00 bits per heavy atom. The van der Waals surface area contributed by atoms with Gasteiger partial charge in [-0.25, -0.2) is 9.18 Å². The highest BCUT2D eigenvalue weighted by molar-refractivity contribution is 6.22. The lowest BCUT2D eigenvalue weighted by Crippen LogP contribution is -2.24. The van der Waals surface area contributed by atoms with E-state index in [9.17, 15) is 23.6 Å². The summed E-state index contributed by atoms with van der Waals surface area (Å²) < 4.78 is 18.5. The van der Waals surface area contributed by atoms with Gasteiger partial charge in [0.15, 0.2) is 0 Å². The number of nitrogens with zero attached hydrogens (tertiary/aromatic N) is 1. The summed E-state index contributed by atoms with van der Waals surface area (Å²) in [5.74, 6) is -3.07. The summed E-state index contributed by atoms with van der Waals surface area (Å²) in [6, 6.07) is 7.41. The highest BCUT2D eigenvalue weighted by Crippen LogP contribution is 2.24. The summed E-state index contributed by atoms with van der Waals surface area (Å²) >= 11 is 0. The van der Waals surface area contributed by atoms with Crippen LogP contribution in [0.5, 0.6) is 0 Å². The molecule has 3 rings (SSSR count). The Labute approximate surface area is 147 Å². The maximum Gasteiger partial charge on any atom is 0.337 e.